The Hall–Kier alpha value is 1.07. The summed E-state index contributed by atoms with van der Waals surface area (Å²) in [5.41, 5.74) is 0. The summed E-state index contributed by atoms with van der Waals surface area (Å²) in [5, 5.41) is 7.57. The van der Waals surface area contributed by atoms with Gasteiger partial charge in [-0.2, -0.15) is 0 Å². The van der Waals surface area contributed by atoms with Crippen molar-refractivity contribution in [3.8, 4) is 0 Å². The fourth-order valence-electron chi connectivity index (χ4n) is 0. The Bertz CT molecular complexity index is 13.5. The Balaban J connectivity index is 0. The van der Waals surface area contributed by atoms with Gasteiger partial charge in [0.25, 0.3) is 0 Å². The average Bonchev–Trinajstić information content (AvgIpc) is 1.39. The van der Waals surface area contributed by atoms with Gasteiger partial charge in [-0.05, 0) is 6.92 Å². The highest BCUT2D eigenvalue weighted by Crippen LogP contribution is 1.67. The number of aliphatic hydroxyl groups excluding tert-OH is 1. The number of rotatable bonds is 0. The van der Waals surface area contributed by atoms with E-state index in [9.17, 15) is 0 Å². The topological polar surface area (TPSA) is 20.2 Å². The molecule has 0 aromatic rings. The highest BCUT2D eigenvalue weighted by molar-refractivity contribution is 7.22. The number of halogens is 2. The normalized spacial score (nSPS) is 5.33. The van der Waals surface area contributed by atoms with Gasteiger partial charge >= 0.3 is 13.4 Å². The van der Waals surface area contributed by atoms with Gasteiger partial charge < -0.3 is 5.11 Å². The lowest BCUT2D eigenvalue weighted by molar-refractivity contribution is 0.318. The van der Waals surface area contributed by atoms with Crippen LogP contribution in [-0.2, 0) is 0 Å². The van der Waals surface area contributed by atoms with Crippen molar-refractivity contribution in [2.75, 3.05) is 6.61 Å². The zero-order valence-corrected chi connectivity index (χ0v) is 6.54. The van der Waals surface area contributed by atoms with Crippen LogP contribution in [0.3, 0.4) is 0 Å². The Kier molecular flexibility index (Phi) is 28.0. The van der Waals surface area contributed by atoms with E-state index in [0.29, 0.717) is 0 Å². The van der Waals surface area contributed by atoms with Crippen LogP contribution in [-0.4, -0.2) is 25.1 Å². The molecule has 0 aromatic carbocycles. The van der Waals surface area contributed by atoms with E-state index >= 15 is 0 Å². The fraction of sp³-hybridized carbons (Fsp3) is 1.00. The van der Waals surface area contributed by atoms with Crippen LogP contribution in [0, 0.1) is 0 Å². The van der Waals surface area contributed by atoms with E-state index in [1.165, 1.54) is 0 Å². The molecule has 0 saturated carbocycles. The highest BCUT2D eigenvalue weighted by Gasteiger charge is 1.59. The van der Waals surface area contributed by atoms with Gasteiger partial charge in [0.05, 0.1) is 0 Å². The number of aliphatic hydroxyl groups is 1. The number of hydrogen-bond donors (Lipinski definition) is 1. The molecule has 0 unspecified atom stereocenters. The standard InChI is InChI=1S/C2H6O.Al.2ClH.H/c1-2-3;;;;/h3H,2H2,1H3;;2*1H;/q;+2;;;/p-2. The summed E-state index contributed by atoms with van der Waals surface area (Å²) in [4.78, 5) is 0. The number of hydrogen-bond acceptors (Lipinski definition) is 1. The maximum Gasteiger partial charge on any atom is 0.499 e. The first-order valence-electron chi connectivity index (χ1n) is 1.56. The van der Waals surface area contributed by atoms with Crippen LogP contribution in [0.15, 0.2) is 0 Å². The summed E-state index contributed by atoms with van der Waals surface area (Å²) in [6, 6.07) is 0. The van der Waals surface area contributed by atoms with E-state index in [4.69, 9.17) is 25.2 Å². The first-order valence-corrected chi connectivity index (χ1v) is 5.83. The lowest BCUT2D eigenvalue weighted by Gasteiger charge is -1.52. The van der Waals surface area contributed by atoms with Crippen molar-refractivity contribution < 1.29 is 5.11 Å². The van der Waals surface area contributed by atoms with Crippen LogP contribution < -0.4 is 0 Å². The molecule has 0 bridgehead atoms. The summed E-state index contributed by atoms with van der Waals surface area (Å²) in [6.07, 6.45) is 0. The third-order valence-electron chi connectivity index (χ3n) is 0. The Morgan fingerprint density at radius 3 is 1.67 bits per heavy atom. The maximum atomic E-state index is 7.57. The van der Waals surface area contributed by atoms with E-state index in [0.717, 1.165) is 0 Å². The Morgan fingerprint density at radius 1 is 1.67 bits per heavy atom. The minimum Gasteiger partial charge on any atom is -0.397 e. The van der Waals surface area contributed by atoms with Gasteiger partial charge in [-0.25, -0.2) is 20.1 Å². The van der Waals surface area contributed by atoms with Crippen LogP contribution in [0.5, 0.6) is 0 Å². The molecule has 1 nitrogen and oxygen atoms in total. The second-order valence-electron chi connectivity index (χ2n) is 0.417. The van der Waals surface area contributed by atoms with Crippen molar-refractivity contribution in [1.82, 2.24) is 0 Å². The molecule has 0 radical (unpaired) electrons. The second-order valence-corrected chi connectivity index (χ2v) is 3.04. The highest BCUT2D eigenvalue weighted by atomic mass is 35.7. The molecule has 4 heteroatoms. The molecule has 1 N–H and O–H groups in total. The van der Waals surface area contributed by atoms with Gasteiger partial charge in [0, 0.05) is 6.61 Å². The fourth-order valence-corrected chi connectivity index (χ4v) is 0. The van der Waals surface area contributed by atoms with E-state index in [-0.39, 0.29) is 6.61 Å². The summed E-state index contributed by atoms with van der Waals surface area (Å²) >= 11 is -0.639. The van der Waals surface area contributed by atoms with Gasteiger partial charge in [0.2, 0.25) is 0 Å². The predicted octanol–water partition coefficient (Wildman–Crippen LogP) is 0.729. The molecule has 0 saturated heterocycles. The first kappa shape index (κ1) is 10.1. The molecule has 38 valence electrons. The smallest absolute Gasteiger partial charge is 0.397 e. The summed E-state index contributed by atoms with van der Waals surface area (Å²) < 4.78 is 0. The van der Waals surface area contributed by atoms with E-state index in [1.807, 2.05) is 0 Å². The molecule has 6 heavy (non-hydrogen) atoms. The molecular formula is C2H7AlCl2O. The van der Waals surface area contributed by atoms with Crippen LogP contribution in [0.1, 0.15) is 6.92 Å². The molecule has 0 rings (SSSR count). The van der Waals surface area contributed by atoms with Crippen LogP contribution in [0.2, 0.25) is 0 Å². The first-order chi connectivity index (χ1) is 2.83. The zero-order valence-electron chi connectivity index (χ0n) is 3.62. The maximum absolute atomic E-state index is 7.57. The summed E-state index contributed by atoms with van der Waals surface area (Å²) in [7, 11) is 9.81. The average molecular weight is 145 g/mol. The Morgan fingerprint density at radius 2 is 1.67 bits per heavy atom. The van der Waals surface area contributed by atoms with Gasteiger partial charge in [-0.15, -0.1) is 0 Å². The predicted molar refractivity (Wildman–Crippen MR) is 31.6 cm³/mol. The lowest BCUT2D eigenvalue weighted by Crippen LogP contribution is -1.57. The van der Waals surface area contributed by atoms with Gasteiger partial charge in [-0.1, -0.05) is 0 Å². The van der Waals surface area contributed by atoms with Gasteiger partial charge in [0.1, 0.15) is 0 Å². The third-order valence-corrected chi connectivity index (χ3v) is 0. The molecule has 0 aliphatic carbocycles. The van der Waals surface area contributed by atoms with Crippen molar-refractivity contribution in [1.29, 1.82) is 0 Å². The van der Waals surface area contributed by atoms with Crippen molar-refractivity contribution in [3.05, 3.63) is 0 Å². The van der Waals surface area contributed by atoms with Crippen LogP contribution in [0.4, 0.5) is 0 Å². The lowest BCUT2D eigenvalue weighted by atomic mass is 10.9. The van der Waals surface area contributed by atoms with Crippen LogP contribution >= 0.6 is 20.1 Å². The third kappa shape index (κ3) is 73.1. The monoisotopic (exact) mass is 144 g/mol. The molecule has 0 atom stereocenters. The molecule has 0 aromatic heterocycles. The molecule has 0 aliphatic heterocycles. The van der Waals surface area contributed by atoms with E-state index in [2.05, 4.69) is 0 Å². The van der Waals surface area contributed by atoms with Gasteiger partial charge in [-0.3, -0.25) is 0 Å². The van der Waals surface area contributed by atoms with Crippen LogP contribution in [0.25, 0.3) is 0 Å². The molecule has 0 amide bonds. The summed E-state index contributed by atoms with van der Waals surface area (Å²) in [5.74, 6) is 0. The van der Waals surface area contributed by atoms with E-state index < -0.39 is 13.4 Å². The van der Waals surface area contributed by atoms with Gasteiger partial charge in [0.15, 0.2) is 0 Å². The SMILES string of the molecule is CCO.[Cl][AlH][Cl]. The molecule has 0 heterocycles. The molecule has 0 fully saturated rings. The second kappa shape index (κ2) is 16.6. The largest absolute Gasteiger partial charge is 0.499 e. The summed E-state index contributed by atoms with van der Waals surface area (Å²) in [6.45, 7) is 1.93. The molecule has 0 spiro atoms. The quantitative estimate of drug-likeness (QED) is 0.498. The van der Waals surface area contributed by atoms with Crippen molar-refractivity contribution in [3.63, 3.8) is 0 Å². The minimum absolute atomic E-state index is 0.250. The van der Waals surface area contributed by atoms with Crippen molar-refractivity contribution in [2.24, 2.45) is 0 Å². The zero-order chi connectivity index (χ0) is 5.41. The molecule has 0 aliphatic rings. The van der Waals surface area contributed by atoms with Crippen molar-refractivity contribution >= 4 is 33.5 Å². The van der Waals surface area contributed by atoms with Crippen molar-refractivity contribution in [2.45, 2.75) is 6.92 Å². The minimum atomic E-state index is -0.639. The Labute approximate surface area is 52.4 Å². The van der Waals surface area contributed by atoms with E-state index in [1.54, 1.807) is 6.92 Å². The molecular weight excluding hydrogens is 138 g/mol.